The van der Waals surface area contributed by atoms with E-state index in [1.807, 2.05) is 18.5 Å². The van der Waals surface area contributed by atoms with Gasteiger partial charge in [0.15, 0.2) is 0 Å². The lowest BCUT2D eigenvalue weighted by Gasteiger charge is -2.26. The van der Waals surface area contributed by atoms with E-state index in [1.54, 1.807) is 0 Å². The molecule has 0 saturated carbocycles. The van der Waals surface area contributed by atoms with Gasteiger partial charge in [-0.1, -0.05) is 54.6 Å². The standard InChI is InChI=1S/C20H18N2/c1-22(14-15-7-6-12-21-13-15)20-18-10-4-2-8-16(18)17-9-3-5-11-19(17)20/h2-13,20H,14H2,1H3. The van der Waals surface area contributed by atoms with Crippen LogP contribution in [0.25, 0.3) is 11.1 Å². The molecule has 22 heavy (non-hydrogen) atoms. The van der Waals surface area contributed by atoms with Gasteiger partial charge in [-0.25, -0.2) is 0 Å². The predicted molar refractivity (Wildman–Crippen MR) is 89.4 cm³/mol. The molecule has 0 N–H and O–H groups in total. The van der Waals surface area contributed by atoms with Crippen molar-refractivity contribution in [2.24, 2.45) is 0 Å². The van der Waals surface area contributed by atoms with Crippen molar-refractivity contribution in [3.63, 3.8) is 0 Å². The van der Waals surface area contributed by atoms with Gasteiger partial charge < -0.3 is 0 Å². The summed E-state index contributed by atoms with van der Waals surface area (Å²) in [7, 11) is 2.19. The molecule has 2 nitrogen and oxygen atoms in total. The summed E-state index contributed by atoms with van der Waals surface area (Å²) < 4.78 is 0. The first-order valence-corrected chi connectivity index (χ1v) is 7.62. The van der Waals surface area contributed by atoms with Crippen molar-refractivity contribution in [1.29, 1.82) is 0 Å². The molecule has 0 fully saturated rings. The maximum absolute atomic E-state index is 4.23. The highest BCUT2D eigenvalue weighted by Gasteiger charge is 2.30. The van der Waals surface area contributed by atoms with Crippen LogP contribution >= 0.6 is 0 Å². The van der Waals surface area contributed by atoms with Gasteiger partial charge in [-0.3, -0.25) is 9.88 Å². The van der Waals surface area contributed by atoms with Crippen LogP contribution in [0.4, 0.5) is 0 Å². The molecule has 0 amide bonds. The minimum atomic E-state index is 0.313. The second kappa shape index (κ2) is 5.39. The Morgan fingerprint density at radius 3 is 2.09 bits per heavy atom. The van der Waals surface area contributed by atoms with Crippen LogP contribution in [0.5, 0.6) is 0 Å². The van der Waals surface area contributed by atoms with Gasteiger partial charge in [-0.15, -0.1) is 0 Å². The van der Waals surface area contributed by atoms with Gasteiger partial charge in [0.05, 0.1) is 6.04 Å². The normalized spacial score (nSPS) is 13.2. The molecule has 2 aromatic carbocycles. The van der Waals surface area contributed by atoms with Gasteiger partial charge in [0, 0.05) is 18.9 Å². The second-order valence-corrected chi connectivity index (χ2v) is 5.85. The molecular formula is C20H18N2. The minimum absolute atomic E-state index is 0.313. The third kappa shape index (κ3) is 2.13. The van der Waals surface area contributed by atoms with Gasteiger partial charge in [-0.05, 0) is 40.9 Å². The van der Waals surface area contributed by atoms with E-state index in [2.05, 4.69) is 71.5 Å². The fourth-order valence-electron chi connectivity index (χ4n) is 3.47. The number of aromatic nitrogens is 1. The molecule has 0 bridgehead atoms. The van der Waals surface area contributed by atoms with E-state index >= 15 is 0 Å². The Kier molecular flexibility index (Phi) is 3.24. The average Bonchev–Trinajstić information content (AvgIpc) is 2.90. The quantitative estimate of drug-likeness (QED) is 0.714. The lowest BCUT2D eigenvalue weighted by molar-refractivity contribution is 0.274. The SMILES string of the molecule is CN(Cc1cccnc1)C1c2ccccc2-c2ccccc21. The maximum Gasteiger partial charge on any atom is 0.0614 e. The number of pyridine rings is 1. The van der Waals surface area contributed by atoms with E-state index in [0.29, 0.717) is 6.04 Å². The summed E-state index contributed by atoms with van der Waals surface area (Å²) in [6.45, 7) is 0.890. The van der Waals surface area contributed by atoms with E-state index in [9.17, 15) is 0 Å². The highest BCUT2D eigenvalue weighted by Crippen LogP contribution is 2.45. The van der Waals surface area contributed by atoms with Crippen molar-refractivity contribution in [2.75, 3.05) is 7.05 Å². The molecule has 0 aliphatic heterocycles. The van der Waals surface area contributed by atoms with Crippen LogP contribution in [0.15, 0.2) is 73.1 Å². The second-order valence-electron chi connectivity index (χ2n) is 5.85. The van der Waals surface area contributed by atoms with Crippen LogP contribution in [-0.2, 0) is 6.54 Å². The Labute approximate surface area is 131 Å². The van der Waals surface area contributed by atoms with Gasteiger partial charge in [0.25, 0.3) is 0 Å². The number of nitrogens with zero attached hydrogens (tertiary/aromatic N) is 2. The van der Waals surface area contributed by atoms with Crippen molar-refractivity contribution in [1.82, 2.24) is 9.88 Å². The topological polar surface area (TPSA) is 16.1 Å². The molecule has 108 valence electrons. The first-order chi connectivity index (χ1) is 10.8. The smallest absolute Gasteiger partial charge is 0.0614 e. The molecule has 3 aromatic rings. The van der Waals surface area contributed by atoms with E-state index < -0.39 is 0 Å². The molecule has 1 aromatic heterocycles. The summed E-state index contributed by atoms with van der Waals surface area (Å²) >= 11 is 0. The highest BCUT2D eigenvalue weighted by atomic mass is 15.1. The summed E-state index contributed by atoms with van der Waals surface area (Å²) in [5.41, 5.74) is 6.76. The maximum atomic E-state index is 4.23. The molecule has 0 saturated heterocycles. The zero-order chi connectivity index (χ0) is 14.9. The molecule has 4 rings (SSSR count). The summed E-state index contributed by atoms with van der Waals surface area (Å²) in [5, 5.41) is 0. The molecule has 0 atom stereocenters. The predicted octanol–water partition coefficient (Wildman–Crippen LogP) is 4.28. The fourth-order valence-corrected chi connectivity index (χ4v) is 3.47. The largest absolute Gasteiger partial charge is 0.291 e. The molecule has 0 spiro atoms. The first-order valence-electron chi connectivity index (χ1n) is 7.62. The Bertz CT molecular complexity index is 750. The number of rotatable bonds is 3. The Hall–Kier alpha value is -2.45. The van der Waals surface area contributed by atoms with Crippen LogP contribution in [0, 0.1) is 0 Å². The summed E-state index contributed by atoms with van der Waals surface area (Å²) in [6.07, 6.45) is 3.77. The van der Waals surface area contributed by atoms with E-state index in [4.69, 9.17) is 0 Å². The van der Waals surface area contributed by atoms with Crippen molar-refractivity contribution < 1.29 is 0 Å². The highest BCUT2D eigenvalue weighted by molar-refractivity contribution is 5.78. The van der Waals surface area contributed by atoms with Crippen LogP contribution in [0.3, 0.4) is 0 Å². The van der Waals surface area contributed by atoms with Crippen molar-refractivity contribution in [3.8, 4) is 11.1 Å². The summed E-state index contributed by atoms with van der Waals surface area (Å²) in [5.74, 6) is 0. The zero-order valence-electron chi connectivity index (χ0n) is 12.6. The first kappa shape index (κ1) is 13.2. The van der Waals surface area contributed by atoms with Gasteiger partial charge in [0.1, 0.15) is 0 Å². The average molecular weight is 286 g/mol. The lowest BCUT2D eigenvalue weighted by atomic mass is 10.0. The van der Waals surface area contributed by atoms with Crippen LogP contribution < -0.4 is 0 Å². The Balaban J connectivity index is 1.75. The molecule has 1 aliphatic rings. The summed E-state index contributed by atoms with van der Waals surface area (Å²) in [6, 6.07) is 21.9. The van der Waals surface area contributed by atoms with E-state index in [0.717, 1.165) is 6.54 Å². The molecule has 2 heteroatoms. The monoisotopic (exact) mass is 286 g/mol. The van der Waals surface area contributed by atoms with Crippen LogP contribution in [-0.4, -0.2) is 16.9 Å². The third-order valence-electron chi connectivity index (χ3n) is 4.40. The number of hydrogen-bond donors (Lipinski definition) is 0. The summed E-state index contributed by atoms with van der Waals surface area (Å²) in [4.78, 5) is 6.63. The lowest BCUT2D eigenvalue weighted by Crippen LogP contribution is -2.23. The van der Waals surface area contributed by atoms with E-state index in [-0.39, 0.29) is 0 Å². The molecular weight excluding hydrogens is 268 g/mol. The molecule has 0 unspecified atom stereocenters. The van der Waals surface area contributed by atoms with Gasteiger partial charge in [0.2, 0.25) is 0 Å². The Morgan fingerprint density at radius 2 is 1.50 bits per heavy atom. The van der Waals surface area contributed by atoms with Crippen LogP contribution in [0.1, 0.15) is 22.7 Å². The van der Waals surface area contributed by atoms with Gasteiger partial charge in [-0.2, -0.15) is 0 Å². The Morgan fingerprint density at radius 1 is 0.864 bits per heavy atom. The minimum Gasteiger partial charge on any atom is -0.291 e. The number of fused-ring (bicyclic) bond motifs is 3. The van der Waals surface area contributed by atoms with Crippen molar-refractivity contribution >= 4 is 0 Å². The fraction of sp³-hybridized carbons (Fsp3) is 0.150. The third-order valence-corrected chi connectivity index (χ3v) is 4.40. The zero-order valence-corrected chi connectivity index (χ0v) is 12.6. The number of hydrogen-bond acceptors (Lipinski definition) is 2. The van der Waals surface area contributed by atoms with Crippen molar-refractivity contribution in [2.45, 2.75) is 12.6 Å². The molecule has 1 heterocycles. The van der Waals surface area contributed by atoms with Gasteiger partial charge >= 0.3 is 0 Å². The molecule has 1 aliphatic carbocycles. The van der Waals surface area contributed by atoms with Crippen LogP contribution in [0.2, 0.25) is 0 Å². The van der Waals surface area contributed by atoms with Crippen molar-refractivity contribution in [3.05, 3.63) is 89.7 Å². The molecule has 0 radical (unpaired) electrons. The van der Waals surface area contributed by atoms with E-state index in [1.165, 1.54) is 27.8 Å². The number of benzene rings is 2.